The fourth-order valence-corrected chi connectivity index (χ4v) is 3.44. The second kappa shape index (κ2) is 5.91. The SMILES string of the molecule is CC1CCC(c2[nH]nc(-c3cccc(C#N)c3)c2Cl)CC1. The van der Waals surface area contributed by atoms with Crippen LogP contribution in [0, 0.1) is 17.2 Å². The van der Waals surface area contributed by atoms with Crippen LogP contribution in [-0.4, -0.2) is 10.2 Å². The molecule has 0 aliphatic heterocycles. The minimum atomic E-state index is 0.481. The summed E-state index contributed by atoms with van der Waals surface area (Å²) in [6, 6.07) is 9.57. The lowest BCUT2D eigenvalue weighted by atomic mass is 9.81. The third kappa shape index (κ3) is 2.82. The summed E-state index contributed by atoms with van der Waals surface area (Å²) >= 11 is 6.55. The first-order chi connectivity index (χ1) is 10.2. The summed E-state index contributed by atoms with van der Waals surface area (Å²) in [5, 5.41) is 17.2. The molecule has 1 heterocycles. The molecule has 1 fully saturated rings. The standard InChI is InChI=1S/C17H18ClN3/c1-11-5-7-13(8-6-11)16-15(18)17(21-20-16)14-4-2-3-12(9-14)10-19/h2-4,9,11,13H,5-8H2,1H3,(H,20,21). The minimum absolute atomic E-state index is 0.481. The number of aromatic nitrogens is 2. The van der Waals surface area contributed by atoms with E-state index < -0.39 is 0 Å². The first kappa shape index (κ1) is 14.2. The van der Waals surface area contributed by atoms with Crippen LogP contribution in [0.1, 0.15) is 49.8 Å². The van der Waals surface area contributed by atoms with Crippen LogP contribution in [0.3, 0.4) is 0 Å². The van der Waals surface area contributed by atoms with E-state index in [4.69, 9.17) is 16.9 Å². The fraction of sp³-hybridized carbons (Fsp3) is 0.412. The van der Waals surface area contributed by atoms with Crippen molar-refractivity contribution >= 4 is 11.6 Å². The normalized spacial score (nSPS) is 22.0. The zero-order chi connectivity index (χ0) is 14.8. The van der Waals surface area contributed by atoms with E-state index in [0.717, 1.165) is 22.9 Å². The van der Waals surface area contributed by atoms with Gasteiger partial charge in [0.1, 0.15) is 5.69 Å². The van der Waals surface area contributed by atoms with Gasteiger partial charge in [-0.25, -0.2) is 0 Å². The van der Waals surface area contributed by atoms with Crippen molar-refractivity contribution in [1.82, 2.24) is 10.2 Å². The lowest BCUT2D eigenvalue weighted by molar-refractivity contribution is 0.344. The zero-order valence-electron chi connectivity index (χ0n) is 12.1. The predicted octanol–water partition coefficient (Wildman–Crippen LogP) is 4.90. The summed E-state index contributed by atoms with van der Waals surface area (Å²) in [5.74, 6) is 1.30. The molecule has 1 N–H and O–H groups in total. The van der Waals surface area contributed by atoms with E-state index in [1.54, 1.807) is 6.07 Å². The molecule has 1 aromatic heterocycles. The summed E-state index contributed by atoms with van der Waals surface area (Å²) in [7, 11) is 0. The molecular formula is C17H18ClN3. The van der Waals surface area contributed by atoms with Gasteiger partial charge in [-0.05, 0) is 30.9 Å². The Balaban J connectivity index is 1.90. The maximum Gasteiger partial charge on any atom is 0.111 e. The fourth-order valence-electron chi connectivity index (χ4n) is 3.09. The van der Waals surface area contributed by atoms with Gasteiger partial charge in [0, 0.05) is 11.5 Å². The lowest BCUT2D eigenvalue weighted by Crippen LogP contribution is -2.11. The number of halogens is 1. The van der Waals surface area contributed by atoms with Crippen LogP contribution in [0.15, 0.2) is 24.3 Å². The van der Waals surface area contributed by atoms with Crippen LogP contribution < -0.4 is 0 Å². The average Bonchev–Trinajstić information content (AvgIpc) is 2.90. The first-order valence-electron chi connectivity index (χ1n) is 7.43. The van der Waals surface area contributed by atoms with Crippen LogP contribution in [0.2, 0.25) is 5.02 Å². The molecule has 0 unspecified atom stereocenters. The highest BCUT2D eigenvalue weighted by Gasteiger charge is 2.25. The van der Waals surface area contributed by atoms with Crippen molar-refractivity contribution in [2.45, 2.75) is 38.5 Å². The quantitative estimate of drug-likeness (QED) is 0.858. The van der Waals surface area contributed by atoms with Crippen molar-refractivity contribution in [1.29, 1.82) is 5.26 Å². The second-order valence-corrected chi connectivity index (χ2v) is 6.33. The van der Waals surface area contributed by atoms with Crippen molar-refractivity contribution in [2.75, 3.05) is 0 Å². The van der Waals surface area contributed by atoms with Gasteiger partial charge in [0.25, 0.3) is 0 Å². The van der Waals surface area contributed by atoms with Crippen molar-refractivity contribution in [2.24, 2.45) is 5.92 Å². The summed E-state index contributed by atoms with van der Waals surface area (Å²) in [6.07, 6.45) is 4.83. The Bertz CT molecular complexity index is 676. The number of benzene rings is 1. The van der Waals surface area contributed by atoms with Crippen LogP contribution in [0.5, 0.6) is 0 Å². The molecule has 1 aliphatic rings. The van der Waals surface area contributed by atoms with Crippen molar-refractivity contribution in [3.8, 4) is 17.3 Å². The lowest BCUT2D eigenvalue weighted by Gasteiger charge is -2.25. The number of hydrogen-bond acceptors (Lipinski definition) is 2. The summed E-state index contributed by atoms with van der Waals surface area (Å²) in [4.78, 5) is 0. The van der Waals surface area contributed by atoms with Gasteiger partial charge in [-0.1, -0.05) is 43.5 Å². The van der Waals surface area contributed by atoms with E-state index in [9.17, 15) is 0 Å². The zero-order valence-corrected chi connectivity index (χ0v) is 12.8. The van der Waals surface area contributed by atoms with E-state index in [-0.39, 0.29) is 0 Å². The van der Waals surface area contributed by atoms with Gasteiger partial charge >= 0.3 is 0 Å². The average molecular weight is 300 g/mol. The third-order valence-corrected chi connectivity index (χ3v) is 4.80. The number of nitriles is 1. The Morgan fingerprint density at radius 1 is 1.29 bits per heavy atom. The number of H-pyrrole nitrogens is 1. The highest BCUT2D eigenvalue weighted by molar-refractivity contribution is 6.33. The van der Waals surface area contributed by atoms with E-state index in [2.05, 4.69) is 23.2 Å². The van der Waals surface area contributed by atoms with Gasteiger partial charge in [0.15, 0.2) is 0 Å². The molecule has 108 valence electrons. The molecule has 1 aliphatic carbocycles. The highest BCUT2D eigenvalue weighted by Crippen LogP contribution is 2.40. The van der Waals surface area contributed by atoms with Crippen molar-refractivity contribution in [3.63, 3.8) is 0 Å². The Morgan fingerprint density at radius 2 is 2.05 bits per heavy atom. The van der Waals surface area contributed by atoms with Gasteiger partial charge in [-0.15, -0.1) is 0 Å². The number of hydrogen-bond donors (Lipinski definition) is 1. The molecule has 4 heteroatoms. The molecule has 2 aromatic rings. The number of aromatic amines is 1. The topological polar surface area (TPSA) is 52.5 Å². The van der Waals surface area contributed by atoms with E-state index in [1.165, 1.54) is 25.7 Å². The number of nitrogens with zero attached hydrogens (tertiary/aromatic N) is 2. The minimum Gasteiger partial charge on any atom is -0.280 e. The molecule has 21 heavy (non-hydrogen) atoms. The van der Waals surface area contributed by atoms with E-state index in [1.807, 2.05) is 18.2 Å². The Kier molecular flexibility index (Phi) is 3.98. The summed E-state index contributed by atoms with van der Waals surface area (Å²) in [6.45, 7) is 2.31. The molecule has 3 nitrogen and oxygen atoms in total. The summed E-state index contributed by atoms with van der Waals surface area (Å²) < 4.78 is 0. The Morgan fingerprint density at radius 3 is 2.76 bits per heavy atom. The molecule has 0 saturated heterocycles. The summed E-state index contributed by atoms with van der Waals surface area (Å²) in [5.41, 5.74) is 3.33. The van der Waals surface area contributed by atoms with Gasteiger partial charge in [0.05, 0.1) is 22.3 Å². The smallest absolute Gasteiger partial charge is 0.111 e. The number of nitrogens with one attached hydrogen (secondary N) is 1. The van der Waals surface area contributed by atoms with Gasteiger partial charge in [0.2, 0.25) is 0 Å². The Labute approximate surface area is 129 Å². The largest absolute Gasteiger partial charge is 0.280 e. The van der Waals surface area contributed by atoms with Crippen molar-refractivity contribution < 1.29 is 0 Å². The van der Waals surface area contributed by atoms with Gasteiger partial charge in [-0.3, -0.25) is 5.10 Å². The first-order valence-corrected chi connectivity index (χ1v) is 7.81. The van der Waals surface area contributed by atoms with E-state index >= 15 is 0 Å². The number of rotatable bonds is 2. The third-order valence-electron chi connectivity index (χ3n) is 4.42. The van der Waals surface area contributed by atoms with Crippen LogP contribution in [-0.2, 0) is 0 Å². The molecular weight excluding hydrogens is 282 g/mol. The van der Waals surface area contributed by atoms with Gasteiger partial charge < -0.3 is 0 Å². The van der Waals surface area contributed by atoms with Crippen molar-refractivity contribution in [3.05, 3.63) is 40.5 Å². The van der Waals surface area contributed by atoms with Crippen LogP contribution in [0.4, 0.5) is 0 Å². The molecule has 1 saturated carbocycles. The molecule has 1 aromatic carbocycles. The van der Waals surface area contributed by atoms with Gasteiger partial charge in [-0.2, -0.15) is 10.4 Å². The second-order valence-electron chi connectivity index (χ2n) is 5.95. The molecule has 0 amide bonds. The molecule has 0 radical (unpaired) electrons. The van der Waals surface area contributed by atoms with Crippen LogP contribution in [0.25, 0.3) is 11.3 Å². The van der Waals surface area contributed by atoms with E-state index in [0.29, 0.717) is 16.5 Å². The maximum absolute atomic E-state index is 9.00. The molecule has 3 rings (SSSR count). The molecule has 0 bridgehead atoms. The predicted molar refractivity (Wildman–Crippen MR) is 84.1 cm³/mol. The monoisotopic (exact) mass is 299 g/mol. The maximum atomic E-state index is 9.00. The molecule has 0 spiro atoms. The highest BCUT2D eigenvalue weighted by atomic mass is 35.5. The molecule has 0 atom stereocenters. The Hall–Kier alpha value is -1.79. The van der Waals surface area contributed by atoms with Crippen LogP contribution >= 0.6 is 11.6 Å².